The van der Waals surface area contributed by atoms with E-state index in [0.29, 0.717) is 31.0 Å². The van der Waals surface area contributed by atoms with E-state index in [0.717, 1.165) is 29.7 Å². The Labute approximate surface area is 170 Å². The number of hydrogen-bond donors (Lipinski definition) is 2. The molecule has 2 N–H and O–H groups in total. The van der Waals surface area contributed by atoms with Crippen molar-refractivity contribution in [2.45, 2.75) is 32.4 Å². The molecule has 6 heteroatoms. The second-order valence-corrected chi connectivity index (χ2v) is 7.35. The summed E-state index contributed by atoms with van der Waals surface area (Å²) >= 11 is 0. The van der Waals surface area contributed by atoms with Crippen molar-refractivity contribution in [1.82, 2.24) is 15.5 Å². The summed E-state index contributed by atoms with van der Waals surface area (Å²) in [6.45, 7) is 3.76. The number of carbonyl (C=O) groups is 2. The van der Waals surface area contributed by atoms with Crippen LogP contribution in [0.1, 0.15) is 36.9 Å². The number of benzene rings is 2. The Balaban J connectivity index is 1.49. The molecule has 0 aromatic heterocycles. The van der Waals surface area contributed by atoms with Gasteiger partial charge in [-0.1, -0.05) is 55.8 Å². The van der Waals surface area contributed by atoms with Gasteiger partial charge in [-0.3, -0.25) is 4.79 Å². The van der Waals surface area contributed by atoms with E-state index in [4.69, 9.17) is 4.74 Å². The van der Waals surface area contributed by atoms with Crippen LogP contribution in [-0.4, -0.2) is 29.9 Å². The van der Waals surface area contributed by atoms with Gasteiger partial charge in [0.05, 0.1) is 23.9 Å². The van der Waals surface area contributed by atoms with Gasteiger partial charge in [0.2, 0.25) is 0 Å². The van der Waals surface area contributed by atoms with E-state index in [1.165, 1.54) is 0 Å². The van der Waals surface area contributed by atoms with Crippen LogP contribution in [0.5, 0.6) is 5.75 Å². The van der Waals surface area contributed by atoms with E-state index in [2.05, 4.69) is 17.6 Å². The van der Waals surface area contributed by atoms with Gasteiger partial charge in [-0.15, -0.1) is 0 Å². The SMILES string of the molecule is CCCCN1CC2=C(C1=O)[C@@H](c1ccc(OCc3ccccc3)cc1)NC(=O)N2. The minimum absolute atomic E-state index is 0.00430. The molecule has 0 bridgehead atoms. The van der Waals surface area contributed by atoms with Crippen molar-refractivity contribution >= 4 is 11.9 Å². The van der Waals surface area contributed by atoms with Crippen LogP contribution in [0.3, 0.4) is 0 Å². The van der Waals surface area contributed by atoms with Gasteiger partial charge >= 0.3 is 6.03 Å². The molecule has 2 aliphatic heterocycles. The molecular formula is C23H25N3O3. The van der Waals surface area contributed by atoms with Gasteiger partial charge in [-0.05, 0) is 29.7 Å². The highest BCUT2D eigenvalue weighted by atomic mass is 16.5. The number of ether oxygens (including phenoxy) is 1. The maximum atomic E-state index is 12.9. The predicted octanol–water partition coefficient (Wildman–Crippen LogP) is 3.52. The molecule has 2 heterocycles. The maximum absolute atomic E-state index is 12.9. The summed E-state index contributed by atoms with van der Waals surface area (Å²) in [6, 6.07) is 16.8. The minimum atomic E-state index is -0.443. The summed E-state index contributed by atoms with van der Waals surface area (Å²) in [5, 5.41) is 5.70. The molecule has 0 aliphatic carbocycles. The van der Waals surface area contributed by atoms with Gasteiger partial charge in [-0.2, -0.15) is 0 Å². The summed E-state index contributed by atoms with van der Waals surface area (Å²) in [4.78, 5) is 26.9. The van der Waals surface area contributed by atoms with Crippen molar-refractivity contribution in [3.05, 3.63) is 77.0 Å². The van der Waals surface area contributed by atoms with E-state index in [-0.39, 0.29) is 11.9 Å². The van der Waals surface area contributed by atoms with Crippen LogP contribution in [0.4, 0.5) is 4.79 Å². The van der Waals surface area contributed by atoms with Crippen LogP contribution in [-0.2, 0) is 11.4 Å². The standard InChI is InChI=1S/C23H25N3O3/c1-2-3-13-26-14-19-20(22(26)27)21(25-23(28)24-19)17-9-11-18(12-10-17)29-15-16-7-5-4-6-8-16/h4-12,21H,2-3,13-15H2,1H3,(H2,24,25,28)/t21-/m1/s1. The summed E-state index contributed by atoms with van der Waals surface area (Å²) in [5.74, 6) is 0.741. The number of carbonyl (C=O) groups excluding carboxylic acids is 2. The zero-order valence-electron chi connectivity index (χ0n) is 16.5. The van der Waals surface area contributed by atoms with Crippen molar-refractivity contribution in [3.8, 4) is 5.75 Å². The molecule has 0 radical (unpaired) electrons. The molecule has 1 atom stereocenters. The third kappa shape index (κ3) is 4.11. The quantitative estimate of drug-likeness (QED) is 0.759. The average molecular weight is 391 g/mol. The molecule has 2 aliphatic rings. The van der Waals surface area contributed by atoms with Crippen molar-refractivity contribution in [2.75, 3.05) is 13.1 Å². The van der Waals surface area contributed by atoms with Gasteiger partial charge in [0.25, 0.3) is 5.91 Å². The Hall–Kier alpha value is -3.28. The van der Waals surface area contributed by atoms with Crippen molar-refractivity contribution in [3.63, 3.8) is 0 Å². The smallest absolute Gasteiger partial charge is 0.319 e. The lowest BCUT2D eigenvalue weighted by Crippen LogP contribution is -2.44. The lowest BCUT2D eigenvalue weighted by atomic mass is 9.96. The van der Waals surface area contributed by atoms with Crippen LogP contribution in [0.25, 0.3) is 0 Å². The minimum Gasteiger partial charge on any atom is -0.489 e. The summed E-state index contributed by atoms with van der Waals surface area (Å²) in [5.41, 5.74) is 3.31. The molecule has 0 fully saturated rings. The second kappa shape index (κ2) is 8.39. The predicted molar refractivity (Wildman–Crippen MR) is 110 cm³/mol. The number of unbranched alkanes of at least 4 members (excludes halogenated alkanes) is 1. The van der Waals surface area contributed by atoms with Gasteiger partial charge < -0.3 is 20.3 Å². The Morgan fingerprint density at radius 1 is 1.07 bits per heavy atom. The third-order valence-corrected chi connectivity index (χ3v) is 5.26. The Bertz CT molecular complexity index is 922. The Kier molecular flexibility index (Phi) is 5.51. The van der Waals surface area contributed by atoms with Crippen molar-refractivity contribution < 1.29 is 14.3 Å². The number of nitrogens with one attached hydrogen (secondary N) is 2. The number of nitrogens with zero attached hydrogens (tertiary/aromatic N) is 1. The zero-order chi connectivity index (χ0) is 20.2. The fraction of sp³-hybridized carbons (Fsp3) is 0.304. The van der Waals surface area contributed by atoms with E-state index in [1.54, 1.807) is 0 Å². The van der Waals surface area contributed by atoms with Crippen LogP contribution in [0, 0.1) is 0 Å². The molecule has 150 valence electrons. The van der Waals surface area contributed by atoms with Crippen molar-refractivity contribution in [1.29, 1.82) is 0 Å². The summed E-state index contributed by atoms with van der Waals surface area (Å²) < 4.78 is 5.84. The fourth-order valence-corrected chi connectivity index (χ4v) is 3.71. The van der Waals surface area contributed by atoms with E-state index < -0.39 is 6.04 Å². The highest BCUT2D eigenvalue weighted by Crippen LogP contribution is 2.33. The Morgan fingerprint density at radius 2 is 1.83 bits per heavy atom. The molecule has 0 saturated heterocycles. The summed E-state index contributed by atoms with van der Waals surface area (Å²) in [6.07, 6.45) is 1.97. The summed E-state index contributed by atoms with van der Waals surface area (Å²) in [7, 11) is 0. The number of urea groups is 1. The highest BCUT2D eigenvalue weighted by Gasteiger charge is 2.39. The molecular weight excluding hydrogens is 366 g/mol. The fourth-order valence-electron chi connectivity index (χ4n) is 3.71. The number of hydrogen-bond acceptors (Lipinski definition) is 3. The first-order valence-corrected chi connectivity index (χ1v) is 10.0. The molecule has 3 amide bonds. The number of rotatable bonds is 7. The second-order valence-electron chi connectivity index (χ2n) is 7.35. The topological polar surface area (TPSA) is 70.7 Å². The highest BCUT2D eigenvalue weighted by molar-refractivity contribution is 6.01. The monoisotopic (exact) mass is 391 g/mol. The third-order valence-electron chi connectivity index (χ3n) is 5.26. The first-order chi connectivity index (χ1) is 14.2. The molecule has 6 nitrogen and oxygen atoms in total. The first kappa shape index (κ1) is 19.1. The number of amides is 3. The van der Waals surface area contributed by atoms with E-state index in [9.17, 15) is 9.59 Å². The van der Waals surface area contributed by atoms with Gasteiger partial charge in [0.1, 0.15) is 12.4 Å². The molecule has 4 rings (SSSR count). The average Bonchev–Trinajstić information content (AvgIpc) is 3.06. The molecule has 0 saturated carbocycles. The molecule has 2 aromatic rings. The lowest BCUT2D eigenvalue weighted by Gasteiger charge is -2.25. The first-order valence-electron chi connectivity index (χ1n) is 10.0. The van der Waals surface area contributed by atoms with Crippen LogP contribution < -0.4 is 15.4 Å². The maximum Gasteiger partial charge on any atom is 0.319 e. The molecule has 29 heavy (non-hydrogen) atoms. The lowest BCUT2D eigenvalue weighted by molar-refractivity contribution is -0.125. The van der Waals surface area contributed by atoms with Crippen LogP contribution >= 0.6 is 0 Å². The molecule has 0 spiro atoms. The zero-order valence-corrected chi connectivity index (χ0v) is 16.5. The Morgan fingerprint density at radius 3 is 2.55 bits per heavy atom. The normalized spacial score (nSPS) is 18.4. The molecule has 2 aromatic carbocycles. The van der Waals surface area contributed by atoms with E-state index >= 15 is 0 Å². The van der Waals surface area contributed by atoms with Gasteiger partial charge in [0, 0.05) is 6.54 Å². The van der Waals surface area contributed by atoms with Crippen molar-refractivity contribution in [2.24, 2.45) is 0 Å². The molecule has 0 unspecified atom stereocenters. The van der Waals surface area contributed by atoms with Crippen LogP contribution in [0.15, 0.2) is 65.9 Å². The van der Waals surface area contributed by atoms with Crippen LogP contribution in [0.2, 0.25) is 0 Å². The van der Waals surface area contributed by atoms with E-state index in [1.807, 2.05) is 59.5 Å². The van der Waals surface area contributed by atoms with Gasteiger partial charge in [0.15, 0.2) is 0 Å². The largest absolute Gasteiger partial charge is 0.489 e. The van der Waals surface area contributed by atoms with Gasteiger partial charge in [-0.25, -0.2) is 4.79 Å².